The van der Waals surface area contributed by atoms with Crippen molar-refractivity contribution in [3.05, 3.63) is 11.6 Å². The molecule has 1 N–H and O–H groups in total. The predicted octanol–water partition coefficient (Wildman–Crippen LogP) is 1.10. The molecule has 1 radical (unpaired) electrons. The number of aromatic nitrogens is 1. The van der Waals surface area contributed by atoms with Crippen LogP contribution in [0.25, 0.3) is 0 Å². The Bertz CT molecular complexity index is 232. The summed E-state index contributed by atoms with van der Waals surface area (Å²) in [6.07, 6.45) is 1.76. The van der Waals surface area contributed by atoms with Gasteiger partial charge in [0.05, 0.1) is 0 Å². The zero-order valence-electron chi connectivity index (χ0n) is 6.07. The molecule has 1 aromatic heterocycles. The van der Waals surface area contributed by atoms with Crippen molar-refractivity contribution in [1.29, 1.82) is 0 Å². The SMILES string of the molecule is CCN=C([Se])Nc1nccs1. The van der Waals surface area contributed by atoms with Crippen LogP contribution in [0.1, 0.15) is 6.92 Å². The summed E-state index contributed by atoms with van der Waals surface area (Å²) in [5.74, 6) is 0. The van der Waals surface area contributed by atoms with E-state index in [0.29, 0.717) is 0 Å². The van der Waals surface area contributed by atoms with E-state index in [4.69, 9.17) is 0 Å². The van der Waals surface area contributed by atoms with Crippen molar-refractivity contribution in [3.63, 3.8) is 0 Å². The van der Waals surface area contributed by atoms with Crippen molar-refractivity contribution >= 4 is 37.2 Å². The van der Waals surface area contributed by atoms with Gasteiger partial charge in [-0.15, -0.1) is 0 Å². The van der Waals surface area contributed by atoms with E-state index in [1.165, 1.54) is 0 Å². The number of anilines is 1. The van der Waals surface area contributed by atoms with Gasteiger partial charge >= 0.3 is 77.6 Å². The molecule has 0 saturated carbocycles. The Labute approximate surface area is 77.8 Å². The summed E-state index contributed by atoms with van der Waals surface area (Å²) < 4.78 is 0.794. The Morgan fingerprint density at radius 3 is 3.27 bits per heavy atom. The van der Waals surface area contributed by atoms with Gasteiger partial charge in [0.25, 0.3) is 0 Å². The zero-order chi connectivity index (χ0) is 8.10. The molecular formula is C6H8N3SSe. The number of hydrogen-bond acceptors (Lipinski definition) is 3. The average molecular weight is 233 g/mol. The molecule has 1 rings (SSSR count). The summed E-state index contributed by atoms with van der Waals surface area (Å²) in [5, 5.41) is 5.81. The number of rotatable bonds is 2. The number of amidine groups is 1. The van der Waals surface area contributed by atoms with Crippen molar-refractivity contribution in [2.24, 2.45) is 4.99 Å². The van der Waals surface area contributed by atoms with Gasteiger partial charge in [0.1, 0.15) is 0 Å². The summed E-state index contributed by atoms with van der Waals surface area (Å²) in [4.78, 5) is 8.16. The average Bonchev–Trinajstić information content (AvgIpc) is 2.40. The Morgan fingerprint density at radius 1 is 1.91 bits per heavy atom. The molecule has 59 valence electrons. The van der Waals surface area contributed by atoms with E-state index >= 15 is 0 Å². The minimum absolute atomic E-state index is 0.778. The number of nitrogens with zero attached hydrogens (tertiary/aromatic N) is 2. The molecule has 0 aliphatic carbocycles. The summed E-state index contributed by atoms with van der Waals surface area (Å²) in [7, 11) is 0. The third-order valence-corrected chi connectivity index (χ3v) is 2.12. The van der Waals surface area contributed by atoms with Crippen LogP contribution in [0.4, 0.5) is 5.13 Å². The Morgan fingerprint density at radius 2 is 2.73 bits per heavy atom. The first-order valence-electron chi connectivity index (χ1n) is 3.21. The normalized spacial score (nSPS) is 11.5. The second kappa shape index (κ2) is 4.49. The minimum atomic E-state index is 0.778. The Hall–Kier alpha value is -0.381. The van der Waals surface area contributed by atoms with Crippen LogP contribution in [0.2, 0.25) is 0 Å². The van der Waals surface area contributed by atoms with Gasteiger partial charge in [0.15, 0.2) is 0 Å². The van der Waals surface area contributed by atoms with Gasteiger partial charge in [-0.2, -0.15) is 0 Å². The van der Waals surface area contributed by atoms with Crippen molar-refractivity contribution in [1.82, 2.24) is 4.98 Å². The van der Waals surface area contributed by atoms with Crippen molar-refractivity contribution in [3.8, 4) is 0 Å². The number of aliphatic imine (C=N–C) groups is 1. The standard InChI is InChI=1S/C6H8N3SSe/c1-2-7-6(11)9-5-8-3-4-10-5/h3-4H,2H2,1H3,(H,7,8,9). The fraction of sp³-hybridized carbons (Fsp3) is 0.333. The molecule has 1 heterocycles. The third-order valence-electron chi connectivity index (χ3n) is 0.948. The molecule has 0 saturated heterocycles. The van der Waals surface area contributed by atoms with Crippen LogP contribution in [-0.2, 0) is 0 Å². The fourth-order valence-electron chi connectivity index (χ4n) is 0.560. The molecule has 0 atom stereocenters. The van der Waals surface area contributed by atoms with Crippen LogP contribution in [-0.4, -0.2) is 32.3 Å². The first kappa shape index (κ1) is 8.71. The quantitative estimate of drug-likeness (QED) is 0.472. The van der Waals surface area contributed by atoms with Gasteiger partial charge in [0.2, 0.25) is 0 Å². The van der Waals surface area contributed by atoms with Gasteiger partial charge in [-0.25, -0.2) is 0 Å². The molecule has 3 nitrogen and oxygen atoms in total. The van der Waals surface area contributed by atoms with Crippen molar-refractivity contribution in [2.45, 2.75) is 6.92 Å². The number of thiazole rings is 1. The van der Waals surface area contributed by atoms with E-state index in [0.717, 1.165) is 16.4 Å². The maximum atomic E-state index is 4.12. The van der Waals surface area contributed by atoms with Crippen LogP contribution in [0.5, 0.6) is 0 Å². The van der Waals surface area contributed by atoms with Crippen LogP contribution in [0, 0.1) is 0 Å². The summed E-state index contributed by atoms with van der Waals surface area (Å²) in [5.41, 5.74) is 0. The van der Waals surface area contributed by atoms with Crippen LogP contribution in [0.3, 0.4) is 0 Å². The molecule has 0 spiro atoms. The van der Waals surface area contributed by atoms with E-state index < -0.39 is 0 Å². The summed E-state index contributed by atoms with van der Waals surface area (Å²) in [6, 6.07) is 0. The number of nitrogens with one attached hydrogen (secondary N) is 1. The van der Waals surface area contributed by atoms with E-state index in [1.807, 2.05) is 12.3 Å². The van der Waals surface area contributed by atoms with Gasteiger partial charge < -0.3 is 0 Å². The second-order valence-electron chi connectivity index (χ2n) is 1.74. The second-order valence-corrected chi connectivity index (χ2v) is 3.45. The topological polar surface area (TPSA) is 37.3 Å². The van der Waals surface area contributed by atoms with Gasteiger partial charge in [-0.05, 0) is 0 Å². The molecule has 0 unspecified atom stereocenters. The summed E-state index contributed by atoms with van der Waals surface area (Å²) in [6.45, 7) is 2.77. The molecule has 0 aromatic carbocycles. The van der Waals surface area contributed by atoms with E-state index in [9.17, 15) is 0 Å². The van der Waals surface area contributed by atoms with Crippen molar-refractivity contribution in [2.75, 3.05) is 11.9 Å². The molecule has 0 fully saturated rings. The van der Waals surface area contributed by atoms with Crippen LogP contribution in [0.15, 0.2) is 16.6 Å². The van der Waals surface area contributed by atoms with E-state index in [-0.39, 0.29) is 0 Å². The van der Waals surface area contributed by atoms with Gasteiger partial charge in [0, 0.05) is 0 Å². The van der Waals surface area contributed by atoms with Gasteiger partial charge in [-0.1, -0.05) is 0 Å². The fourth-order valence-corrected chi connectivity index (χ4v) is 1.71. The van der Waals surface area contributed by atoms with Gasteiger partial charge in [-0.3, -0.25) is 0 Å². The third kappa shape index (κ3) is 3.01. The molecule has 0 aliphatic heterocycles. The van der Waals surface area contributed by atoms with Crippen molar-refractivity contribution < 1.29 is 0 Å². The molecule has 11 heavy (non-hydrogen) atoms. The molecule has 5 heteroatoms. The van der Waals surface area contributed by atoms with E-state index in [2.05, 4.69) is 31.3 Å². The van der Waals surface area contributed by atoms with Crippen LogP contribution < -0.4 is 5.32 Å². The predicted molar refractivity (Wildman–Crippen MR) is 49.5 cm³/mol. The van der Waals surface area contributed by atoms with Crippen LogP contribution >= 0.6 is 11.3 Å². The Balaban J connectivity index is 2.50. The molecule has 0 bridgehead atoms. The molecule has 0 amide bonds. The molecular weight excluding hydrogens is 225 g/mol. The summed E-state index contributed by atoms with van der Waals surface area (Å²) >= 11 is 4.38. The maximum absolute atomic E-state index is 4.12. The Kier molecular flexibility index (Phi) is 3.55. The first-order valence-corrected chi connectivity index (χ1v) is 4.94. The first-order chi connectivity index (χ1) is 5.33. The zero-order valence-corrected chi connectivity index (χ0v) is 8.60. The number of hydrogen-bond donors (Lipinski definition) is 1. The van der Waals surface area contributed by atoms with E-state index in [1.54, 1.807) is 17.5 Å². The molecule has 1 aromatic rings. The monoisotopic (exact) mass is 234 g/mol. The molecule has 0 aliphatic rings.